The van der Waals surface area contributed by atoms with Crippen LogP contribution in [0.5, 0.6) is 0 Å². The van der Waals surface area contributed by atoms with Crippen molar-refractivity contribution in [3.8, 4) is 0 Å². The lowest BCUT2D eigenvalue weighted by Gasteiger charge is -2.02. The van der Waals surface area contributed by atoms with Gasteiger partial charge in [0.15, 0.2) is 0 Å². The first kappa shape index (κ1) is 9.49. The lowest BCUT2D eigenvalue weighted by Crippen LogP contribution is -2.18. The van der Waals surface area contributed by atoms with Crippen molar-refractivity contribution in [1.29, 1.82) is 0 Å². The summed E-state index contributed by atoms with van der Waals surface area (Å²) in [4.78, 5) is 4.32. The van der Waals surface area contributed by atoms with E-state index >= 15 is 0 Å². The molecule has 0 aliphatic carbocycles. The molecule has 3 nitrogen and oxygen atoms in total. The third-order valence-corrected chi connectivity index (χ3v) is 2.42. The Balaban J connectivity index is 2.28. The fourth-order valence-electron chi connectivity index (χ4n) is 1.32. The van der Waals surface area contributed by atoms with E-state index in [4.69, 9.17) is 22.1 Å². The minimum atomic E-state index is 0.0706. The van der Waals surface area contributed by atoms with Gasteiger partial charge in [-0.1, -0.05) is 23.7 Å². The first-order chi connectivity index (χ1) is 6.81. The van der Waals surface area contributed by atoms with Crippen LogP contribution >= 0.6 is 11.6 Å². The molecule has 0 bridgehead atoms. The molecule has 4 heteroatoms. The van der Waals surface area contributed by atoms with Crippen molar-refractivity contribution >= 4 is 17.5 Å². The summed E-state index contributed by atoms with van der Waals surface area (Å²) < 4.78 is 5.41. The van der Waals surface area contributed by atoms with Crippen LogP contribution in [-0.4, -0.2) is 25.1 Å². The van der Waals surface area contributed by atoms with Crippen LogP contribution in [0.1, 0.15) is 5.56 Å². The molecule has 0 saturated heterocycles. The normalized spacial score (nSPS) is 20.4. The second kappa shape index (κ2) is 3.98. The molecule has 0 radical (unpaired) electrons. The zero-order chi connectivity index (χ0) is 9.97. The van der Waals surface area contributed by atoms with Crippen LogP contribution in [-0.2, 0) is 4.74 Å². The van der Waals surface area contributed by atoms with E-state index in [0.29, 0.717) is 24.1 Å². The quantitative estimate of drug-likeness (QED) is 0.803. The minimum Gasteiger partial charge on any atom is -0.475 e. The van der Waals surface area contributed by atoms with Gasteiger partial charge < -0.3 is 10.5 Å². The molecule has 1 aromatic carbocycles. The Bertz CT molecular complexity index is 365. The Morgan fingerprint density at radius 3 is 2.93 bits per heavy atom. The Labute approximate surface area is 87.5 Å². The van der Waals surface area contributed by atoms with Crippen molar-refractivity contribution in [2.24, 2.45) is 10.7 Å². The molecule has 0 aromatic heterocycles. The van der Waals surface area contributed by atoms with Crippen LogP contribution in [0.4, 0.5) is 0 Å². The van der Waals surface area contributed by atoms with E-state index in [2.05, 4.69) is 4.99 Å². The number of nitrogens with two attached hydrogens (primary N) is 1. The average Bonchev–Trinajstić information content (AvgIpc) is 2.67. The topological polar surface area (TPSA) is 47.6 Å². The number of rotatable bonds is 2. The van der Waals surface area contributed by atoms with Gasteiger partial charge in [0, 0.05) is 6.54 Å². The number of hydrogen-bond acceptors (Lipinski definition) is 3. The summed E-state index contributed by atoms with van der Waals surface area (Å²) in [7, 11) is 0. The number of aliphatic imine (C=N–C) groups is 1. The van der Waals surface area contributed by atoms with E-state index in [-0.39, 0.29) is 6.04 Å². The summed E-state index contributed by atoms with van der Waals surface area (Å²) in [5, 5.41) is 0.656. The highest BCUT2D eigenvalue weighted by atomic mass is 35.5. The molecule has 2 rings (SSSR count). The smallest absolute Gasteiger partial charge is 0.218 e. The standard InChI is InChI=1S/C10H11ClN2O/c11-9-4-2-1-3-8(9)10-13-7(5-12)6-14-10/h1-4,7H,5-6,12H2. The summed E-state index contributed by atoms with van der Waals surface area (Å²) in [5.74, 6) is 0.603. The van der Waals surface area contributed by atoms with Crippen molar-refractivity contribution < 1.29 is 4.74 Å². The van der Waals surface area contributed by atoms with E-state index < -0.39 is 0 Å². The lowest BCUT2D eigenvalue weighted by atomic mass is 10.2. The molecule has 1 atom stereocenters. The molecule has 1 aromatic rings. The number of halogens is 1. The summed E-state index contributed by atoms with van der Waals surface area (Å²) in [6.45, 7) is 1.06. The zero-order valence-electron chi connectivity index (χ0n) is 7.61. The highest BCUT2D eigenvalue weighted by Crippen LogP contribution is 2.19. The van der Waals surface area contributed by atoms with Crippen molar-refractivity contribution in [1.82, 2.24) is 0 Å². The molecule has 1 heterocycles. The lowest BCUT2D eigenvalue weighted by molar-refractivity contribution is 0.319. The van der Waals surface area contributed by atoms with Crippen molar-refractivity contribution in [3.05, 3.63) is 34.9 Å². The summed E-state index contributed by atoms with van der Waals surface area (Å²) >= 11 is 6.00. The molecule has 0 fully saturated rings. The van der Waals surface area contributed by atoms with Crippen LogP contribution < -0.4 is 5.73 Å². The van der Waals surface area contributed by atoms with Crippen molar-refractivity contribution in [2.75, 3.05) is 13.2 Å². The Morgan fingerprint density at radius 2 is 2.29 bits per heavy atom. The van der Waals surface area contributed by atoms with Gasteiger partial charge in [0.2, 0.25) is 5.90 Å². The minimum absolute atomic E-state index is 0.0706. The van der Waals surface area contributed by atoms with E-state index in [0.717, 1.165) is 5.56 Å². The molecular weight excluding hydrogens is 200 g/mol. The van der Waals surface area contributed by atoms with E-state index in [1.807, 2.05) is 24.3 Å². The number of ether oxygens (including phenoxy) is 1. The molecule has 14 heavy (non-hydrogen) atoms. The summed E-state index contributed by atoms with van der Waals surface area (Å²) in [6, 6.07) is 7.56. The van der Waals surface area contributed by atoms with Gasteiger partial charge in [0.1, 0.15) is 12.6 Å². The molecule has 1 aliphatic heterocycles. The van der Waals surface area contributed by atoms with E-state index in [9.17, 15) is 0 Å². The SMILES string of the molecule is NCC1COC(c2ccccc2Cl)=N1. The first-order valence-electron chi connectivity index (χ1n) is 4.47. The Hall–Kier alpha value is -1.06. The van der Waals surface area contributed by atoms with E-state index in [1.54, 1.807) is 0 Å². The molecule has 1 unspecified atom stereocenters. The van der Waals surface area contributed by atoms with Gasteiger partial charge in [0.25, 0.3) is 0 Å². The van der Waals surface area contributed by atoms with Crippen LogP contribution in [0.25, 0.3) is 0 Å². The Kier molecular flexibility index (Phi) is 2.70. The van der Waals surface area contributed by atoms with Gasteiger partial charge in [-0.05, 0) is 12.1 Å². The van der Waals surface area contributed by atoms with Crippen LogP contribution in [0.15, 0.2) is 29.3 Å². The summed E-state index contributed by atoms with van der Waals surface area (Å²) in [5.41, 5.74) is 6.33. The zero-order valence-corrected chi connectivity index (χ0v) is 8.37. The Morgan fingerprint density at radius 1 is 1.50 bits per heavy atom. The van der Waals surface area contributed by atoms with E-state index in [1.165, 1.54) is 0 Å². The van der Waals surface area contributed by atoms with Crippen LogP contribution in [0, 0.1) is 0 Å². The van der Waals surface area contributed by atoms with Crippen LogP contribution in [0.2, 0.25) is 5.02 Å². The predicted octanol–water partition coefficient (Wildman–Crippen LogP) is 1.44. The van der Waals surface area contributed by atoms with Gasteiger partial charge in [-0.3, -0.25) is 0 Å². The molecule has 0 amide bonds. The second-order valence-electron chi connectivity index (χ2n) is 3.11. The van der Waals surface area contributed by atoms with Crippen molar-refractivity contribution in [3.63, 3.8) is 0 Å². The predicted molar refractivity (Wildman–Crippen MR) is 56.8 cm³/mol. The molecule has 1 aliphatic rings. The first-order valence-corrected chi connectivity index (χ1v) is 4.84. The fraction of sp³-hybridized carbons (Fsp3) is 0.300. The van der Waals surface area contributed by atoms with Crippen molar-refractivity contribution in [2.45, 2.75) is 6.04 Å². The maximum atomic E-state index is 6.00. The molecule has 0 spiro atoms. The average molecular weight is 211 g/mol. The molecule has 2 N–H and O–H groups in total. The van der Waals surface area contributed by atoms with Gasteiger partial charge >= 0.3 is 0 Å². The highest BCUT2D eigenvalue weighted by Gasteiger charge is 2.19. The van der Waals surface area contributed by atoms with Gasteiger partial charge in [-0.2, -0.15) is 0 Å². The molecule has 0 saturated carbocycles. The fourth-order valence-corrected chi connectivity index (χ4v) is 1.53. The third kappa shape index (κ3) is 1.74. The van der Waals surface area contributed by atoms with Gasteiger partial charge in [-0.15, -0.1) is 0 Å². The maximum absolute atomic E-state index is 6.00. The maximum Gasteiger partial charge on any atom is 0.218 e. The number of benzene rings is 1. The summed E-state index contributed by atoms with van der Waals surface area (Å²) in [6.07, 6.45) is 0. The monoisotopic (exact) mass is 210 g/mol. The van der Waals surface area contributed by atoms with Gasteiger partial charge in [0.05, 0.1) is 10.6 Å². The van der Waals surface area contributed by atoms with Crippen LogP contribution in [0.3, 0.4) is 0 Å². The second-order valence-corrected chi connectivity index (χ2v) is 3.52. The molecular formula is C10H11ClN2O. The molecule has 74 valence electrons. The largest absolute Gasteiger partial charge is 0.475 e. The number of hydrogen-bond donors (Lipinski definition) is 1. The highest BCUT2D eigenvalue weighted by molar-refractivity contribution is 6.33. The number of nitrogens with zero attached hydrogens (tertiary/aromatic N) is 1. The third-order valence-electron chi connectivity index (χ3n) is 2.09. The van der Waals surface area contributed by atoms with Gasteiger partial charge in [-0.25, -0.2) is 4.99 Å².